The molecule has 1 aromatic rings. The Bertz CT molecular complexity index is 1110. The van der Waals surface area contributed by atoms with Gasteiger partial charge in [-0.15, -0.1) is 0 Å². The third-order valence-corrected chi connectivity index (χ3v) is 6.30. The first-order valence-corrected chi connectivity index (χ1v) is 11.6. The van der Waals surface area contributed by atoms with Crippen LogP contribution in [-0.4, -0.2) is 59.0 Å². The Balaban J connectivity index is 2.23. The minimum atomic E-state index is -6.11. The summed E-state index contributed by atoms with van der Waals surface area (Å²) in [4.78, 5) is 28.5. The molecule has 2 rings (SSSR count). The van der Waals surface area contributed by atoms with Crippen LogP contribution < -0.4 is 10.1 Å². The molecule has 0 spiro atoms. The zero-order valence-corrected chi connectivity index (χ0v) is 20.1. The molecule has 15 heteroatoms. The lowest BCUT2D eigenvalue weighted by atomic mass is 10.2. The second-order valence-electron chi connectivity index (χ2n) is 8.54. The van der Waals surface area contributed by atoms with Crippen LogP contribution in [-0.2, 0) is 14.8 Å². The van der Waals surface area contributed by atoms with Crippen LogP contribution in [0.3, 0.4) is 0 Å². The van der Waals surface area contributed by atoms with Crippen molar-refractivity contribution in [3.63, 3.8) is 0 Å². The molecule has 1 saturated carbocycles. The van der Waals surface area contributed by atoms with Gasteiger partial charge in [-0.05, 0) is 46.6 Å². The fourth-order valence-corrected chi connectivity index (χ4v) is 3.74. The first kappa shape index (κ1) is 27.5. The van der Waals surface area contributed by atoms with Gasteiger partial charge in [0.2, 0.25) is 0 Å². The van der Waals surface area contributed by atoms with Crippen molar-refractivity contribution >= 4 is 33.6 Å². The lowest BCUT2D eigenvalue weighted by molar-refractivity contribution is -0.0517. The highest BCUT2D eigenvalue weighted by atomic mass is 35.5. The van der Waals surface area contributed by atoms with E-state index in [4.69, 9.17) is 26.3 Å². The summed E-state index contributed by atoms with van der Waals surface area (Å²) in [6, 6.07) is 1.43. The van der Waals surface area contributed by atoms with Crippen molar-refractivity contribution in [1.82, 2.24) is 14.6 Å². The van der Waals surface area contributed by atoms with Crippen LogP contribution in [0, 0.1) is 11.3 Å². The Morgan fingerprint density at radius 3 is 2.41 bits per heavy atom. The number of hydrogen-bond acceptors (Lipinski definition) is 8. The summed E-state index contributed by atoms with van der Waals surface area (Å²) >= 11 is 5.93. The van der Waals surface area contributed by atoms with Crippen LogP contribution in [0.4, 0.5) is 18.0 Å². The van der Waals surface area contributed by atoms with E-state index in [-0.39, 0.29) is 16.5 Å². The molecular weight excluding hydrogens is 505 g/mol. The number of nitrogens with zero attached hydrogens (tertiary/aromatic N) is 3. The van der Waals surface area contributed by atoms with Gasteiger partial charge in [0.1, 0.15) is 28.6 Å². The average Bonchev–Trinajstić information content (AvgIpc) is 3.44. The van der Waals surface area contributed by atoms with Gasteiger partial charge >= 0.3 is 21.6 Å². The quantitative estimate of drug-likeness (QED) is 0.533. The van der Waals surface area contributed by atoms with Crippen molar-refractivity contribution in [3.8, 4) is 11.8 Å². The molecule has 1 N–H and O–H groups in total. The summed E-state index contributed by atoms with van der Waals surface area (Å²) in [5, 5.41) is 11.4. The molecule has 0 aromatic carbocycles. The number of amides is 2. The minimum Gasteiger partial charge on any atom is -0.490 e. The first-order chi connectivity index (χ1) is 15.4. The topological polar surface area (TPSA) is 139 Å². The average molecular weight is 527 g/mol. The number of ether oxygens (including phenoxy) is 2. The van der Waals surface area contributed by atoms with Crippen LogP contribution in [0.15, 0.2) is 12.3 Å². The van der Waals surface area contributed by atoms with E-state index in [9.17, 15) is 31.2 Å². The predicted molar refractivity (Wildman–Crippen MR) is 112 cm³/mol. The number of carbonyl (C=O) groups is 2. The van der Waals surface area contributed by atoms with Crippen molar-refractivity contribution in [3.05, 3.63) is 23.0 Å². The molecule has 10 nitrogen and oxygen atoms in total. The second kappa shape index (κ2) is 9.46. The molecule has 1 fully saturated rings. The number of nitriles is 1. The van der Waals surface area contributed by atoms with Crippen LogP contribution in [0.25, 0.3) is 0 Å². The lowest BCUT2D eigenvalue weighted by Crippen LogP contribution is -2.52. The largest absolute Gasteiger partial charge is 0.516 e. The van der Waals surface area contributed by atoms with Crippen LogP contribution in [0.2, 0.25) is 5.15 Å². The third kappa shape index (κ3) is 6.41. The fourth-order valence-electron chi connectivity index (χ4n) is 2.56. The number of carbonyl (C=O) groups excluding carboxylic acids is 2. The summed E-state index contributed by atoms with van der Waals surface area (Å²) in [7, 11) is -6.11. The highest BCUT2D eigenvalue weighted by Gasteiger charge is 2.54. The lowest BCUT2D eigenvalue weighted by Gasteiger charge is -2.31. The highest BCUT2D eigenvalue weighted by molar-refractivity contribution is 7.90. The van der Waals surface area contributed by atoms with Crippen molar-refractivity contribution in [1.29, 1.82) is 5.26 Å². The van der Waals surface area contributed by atoms with Crippen molar-refractivity contribution < 1.29 is 40.7 Å². The highest BCUT2D eigenvalue weighted by Crippen LogP contribution is 2.35. The van der Waals surface area contributed by atoms with Gasteiger partial charge in [-0.3, -0.25) is 4.79 Å². The van der Waals surface area contributed by atoms with Gasteiger partial charge in [0, 0.05) is 0 Å². The van der Waals surface area contributed by atoms with Gasteiger partial charge in [0.05, 0.1) is 23.9 Å². The molecule has 2 amide bonds. The summed E-state index contributed by atoms with van der Waals surface area (Å²) in [5.41, 5.74) is -8.21. The van der Waals surface area contributed by atoms with Gasteiger partial charge in [0.25, 0.3) is 5.91 Å². The van der Waals surface area contributed by atoms with E-state index < -0.39 is 55.6 Å². The maximum absolute atomic E-state index is 13.2. The molecule has 0 saturated heterocycles. The minimum absolute atomic E-state index is 0.142. The Kier molecular flexibility index (Phi) is 7.64. The Morgan fingerprint density at radius 2 is 1.94 bits per heavy atom. The van der Waals surface area contributed by atoms with Gasteiger partial charge in [-0.1, -0.05) is 11.6 Å². The zero-order chi connectivity index (χ0) is 26.1. The summed E-state index contributed by atoms with van der Waals surface area (Å²) in [6.45, 7) is 4.34. The van der Waals surface area contributed by atoms with E-state index in [0.717, 1.165) is 19.2 Å². The number of alkyl halides is 3. The molecule has 0 radical (unpaired) electrons. The number of sulfonamides is 1. The van der Waals surface area contributed by atoms with Crippen LogP contribution in [0.1, 0.15) is 50.9 Å². The monoisotopic (exact) mass is 526 g/mol. The van der Waals surface area contributed by atoms with E-state index in [2.05, 4.69) is 10.3 Å². The fraction of sp³-hybridized carbons (Fsp3) is 0.579. The third-order valence-electron chi connectivity index (χ3n) is 4.39. The van der Waals surface area contributed by atoms with E-state index in [1.54, 1.807) is 0 Å². The van der Waals surface area contributed by atoms with E-state index in [0.29, 0.717) is 12.8 Å². The van der Waals surface area contributed by atoms with Crippen molar-refractivity contribution in [2.75, 3.05) is 6.61 Å². The molecule has 1 heterocycles. The Hall–Kier alpha value is -2.79. The van der Waals surface area contributed by atoms with Gasteiger partial charge in [-0.25, -0.2) is 9.78 Å². The number of halogens is 4. The smallest absolute Gasteiger partial charge is 0.490 e. The summed E-state index contributed by atoms with van der Waals surface area (Å²) in [5.74, 6) is -0.859. The SMILES string of the molecule is CC(COc1cnc(Cl)c(C(=O)NC2(C#N)CC2)c1)N(C(=O)OC(C)(C)C)S(=O)(=O)C(F)(F)F. The maximum Gasteiger partial charge on any atom is 0.516 e. The Morgan fingerprint density at radius 1 is 1.35 bits per heavy atom. The number of aromatic nitrogens is 1. The molecule has 0 bridgehead atoms. The van der Waals surface area contributed by atoms with Crippen LogP contribution >= 0.6 is 11.6 Å². The molecule has 1 unspecified atom stereocenters. The van der Waals surface area contributed by atoms with E-state index >= 15 is 0 Å². The number of nitrogens with one attached hydrogen (secondary N) is 1. The zero-order valence-electron chi connectivity index (χ0n) is 18.6. The normalized spacial score (nSPS) is 16.1. The van der Waals surface area contributed by atoms with E-state index in [1.165, 1.54) is 20.8 Å². The van der Waals surface area contributed by atoms with E-state index in [1.807, 2.05) is 6.07 Å². The van der Waals surface area contributed by atoms with Gasteiger partial charge in [-0.2, -0.15) is 31.2 Å². The first-order valence-electron chi connectivity index (χ1n) is 9.78. The second-order valence-corrected chi connectivity index (χ2v) is 10.7. The Labute approximate surface area is 199 Å². The van der Waals surface area contributed by atoms with Crippen molar-refractivity contribution in [2.24, 2.45) is 0 Å². The predicted octanol–water partition coefficient (Wildman–Crippen LogP) is 3.37. The van der Waals surface area contributed by atoms with Crippen molar-refractivity contribution in [2.45, 2.75) is 63.2 Å². The van der Waals surface area contributed by atoms with Crippen LogP contribution in [0.5, 0.6) is 5.75 Å². The summed E-state index contributed by atoms with van der Waals surface area (Å²) in [6.07, 6.45) is 0.241. The van der Waals surface area contributed by atoms with Gasteiger partial charge in [0.15, 0.2) is 0 Å². The summed E-state index contributed by atoms with van der Waals surface area (Å²) < 4.78 is 73.3. The number of pyridine rings is 1. The molecule has 1 aromatic heterocycles. The molecule has 34 heavy (non-hydrogen) atoms. The molecule has 1 aliphatic carbocycles. The molecule has 1 aliphatic rings. The maximum atomic E-state index is 13.2. The standard InChI is InChI=1S/C19H22ClF3N4O6S/c1-11(27(16(29)33-17(2,3)4)34(30,31)19(21,22)23)9-32-12-7-13(14(20)25-8-12)15(28)26-18(10-24)5-6-18/h7-8,11H,5-6,9H2,1-4H3,(H,26,28). The number of rotatable bonds is 7. The molecule has 0 aliphatic heterocycles. The molecule has 188 valence electrons. The molecule has 1 atom stereocenters. The van der Waals surface area contributed by atoms with Gasteiger partial charge < -0.3 is 14.8 Å². The number of hydrogen-bond donors (Lipinski definition) is 1. The molecular formula is C19H22ClF3N4O6S.